The smallest absolute Gasteiger partial charge is 0.191 e. The van der Waals surface area contributed by atoms with Gasteiger partial charge in [-0.2, -0.15) is 0 Å². The van der Waals surface area contributed by atoms with Crippen molar-refractivity contribution in [2.45, 2.75) is 45.9 Å². The molecule has 1 heterocycles. The van der Waals surface area contributed by atoms with Crippen LogP contribution in [0.25, 0.3) is 0 Å². The van der Waals surface area contributed by atoms with E-state index in [0.29, 0.717) is 12.6 Å². The first-order valence-corrected chi connectivity index (χ1v) is 10.2. The van der Waals surface area contributed by atoms with Crippen LogP contribution < -0.4 is 15.5 Å². The van der Waals surface area contributed by atoms with Crippen molar-refractivity contribution >= 4 is 35.6 Å². The molecular formula is C23H33IN4O. The predicted octanol–water partition coefficient (Wildman–Crippen LogP) is 3.83. The molecule has 2 aromatic carbocycles. The van der Waals surface area contributed by atoms with Crippen LogP contribution in [0.4, 0.5) is 5.69 Å². The van der Waals surface area contributed by atoms with Crippen LogP contribution in [0.15, 0.2) is 53.5 Å². The molecule has 1 atom stereocenters. The molecule has 2 aromatic rings. The first-order valence-electron chi connectivity index (χ1n) is 10.2. The van der Waals surface area contributed by atoms with Crippen molar-refractivity contribution in [2.75, 3.05) is 24.5 Å². The summed E-state index contributed by atoms with van der Waals surface area (Å²) in [5, 5.41) is 16.5. The third-order valence-corrected chi connectivity index (χ3v) is 5.20. The molecule has 3 N–H and O–H groups in total. The summed E-state index contributed by atoms with van der Waals surface area (Å²) in [6.07, 6.45) is 2.30. The highest BCUT2D eigenvalue weighted by Gasteiger charge is 2.21. The fourth-order valence-corrected chi connectivity index (χ4v) is 3.63. The summed E-state index contributed by atoms with van der Waals surface area (Å²) < 4.78 is 0. The molecule has 29 heavy (non-hydrogen) atoms. The van der Waals surface area contributed by atoms with Gasteiger partial charge in [-0.05, 0) is 49.9 Å². The highest BCUT2D eigenvalue weighted by molar-refractivity contribution is 14.0. The zero-order chi connectivity index (χ0) is 19.8. The van der Waals surface area contributed by atoms with Gasteiger partial charge in [0.05, 0.1) is 13.2 Å². The fraction of sp³-hybridized carbons (Fsp3) is 0.435. The molecule has 1 aliphatic rings. The summed E-state index contributed by atoms with van der Waals surface area (Å²) in [5.74, 6) is 0.839. The molecule has 1 saturated heterocycles. The van der Waals surface area contributed by atoms with Crippen molar-refractivity contribution < 1.29 is 5.11 Å². The van der Waals surface area contributed by atoms with E-state index in [1.165, 1.54) is 11.3 Å². The quantitative estimate of drug-likeness (QED) is 0.316. The minimum Gasteiger partial charge on any atom is -0.392 e. The number of aryl methyl sites for hydroxylation is 1. The molecule has 0 bridgehead atoms. The zero-order valence-corrected chi connectivity index (χ0v) is 19.7. The number of aliphatic imine (C=N–C) groups is 1. The van der Waals surface area contributed by atoms with Gasteiger partial charge in [-0.1, -0.05) is 42.0 Å². The number of aliphatic hydroxyl groups excluding tert-OH is 1. The maximum Gasteiger partial charge on any atom is 0.191 e. The van der Waals surface area contributed by atoms with Gasteiger partial charge in [0, 0.05) is 31.4 Å². The van der Waals surface area contributed by atoms with Gasteiger partial charge in [0.1, 0.15) is 0 Å². The molecule has 158 valence electrons. The normalized spacial score (nSPS) is 16.9. The van der Waals surface area contributed by atoms with Crippen LogP contribution in [0.2, 0.25) is 0 Å². The summed E-state index contributed by atoms with van der Waals surface area (Å²) in [6.45, 7) is 7.70. The zero-order valence-electron chi connectivity index (χ0n) is 17.4. The highest BCUT2D eigenvalue weighted by atomic mass is 127. The van der Waals surface area contributed by atoms with Gasteiger partial charge in [0.2, 0.25) is 0 Å². The molecule has 5 nitrogen and oxygen atoms in total. The number of benzene rings is 2. The maximum atomic E-state index is 9.52. The number of nitrogens with zero attached hydrogens (tertiary/aromatic N) is 2. The number of piperidine rings is 1. The second-order valence-electron chi connectivity index (χ2n) is 7.39. The van der Waals surface area contributed by atoms with Crippen LogP contribution in [0.3, 0.4) is 0 Å². The van der Waals surface area contributed by atoms with E-state index in [9.17, 15) is 5.11 Å². The van der Waals surface area contributed by atoms with E-state index in [2.05, 4.69) is 53.6 Å². The Morgan fingerprint density at radius 2 is 1.86 bits per heavy atom. The third kappa shape index (κ3) is 6.89. The number of halogens is 1. The summed E-state index contributed by atoms with van der Waals surface area (Å²) in [6, 6.07) is 17.1. The SMILES string of the molecule is CCNC(=NCc1ccccc1CO)NC1CCCN(c2ccc(C)cc2)C1.I. The lowest BCUT2D eigenvalue weighted by molar-refractivity contribution is 0.280. The minimum absolute atomic E-state index is 0. The Morgan fingerprint density at radius 1 is 1.14 bits per heavy atom. The molecule has 1 fully saturated rings. The Labute approximate surface area is 191 Å². The minimum atomic E-state index is 0. The van der Waals surface area contributed by atoms with Gasteiger partial charge in [-0.3, -0.25) is 0 Å². The lowest BCUT2D eigenvalue weighted by Crippen LogP contribution is -2.51. The fourth-order valence-electron chi connectivity index (χ4n) is 3.63. The number of rotatable bonds is 6. The molecule has 1 aliphatic heterocycles. The van der Waals surface area contributed by atoms with E-state index in [4.69, 9.17) is 4.99 Å². The van der Waals surface area contributed by atoms with E-state index in [1.54, 1.807) is 0 Å². The van der Waals surface area contributed by atoms with Crippen molar-refractivity contribution in [3.8, 4) is 0 Å². The summed E-state index contributed by atoms with van der Waals surface area (Å²) in [7, 11) is 0. The average Bonchev–Trinajstić information content (AvgIpc) is 2.73. The van der Waals surface area contributed by atoms with Crippen LogP contribution >= 0.6 is 24.0 Å². The molecule has 0 spiro atoms. The van der Waals surface area contributed by atoms with Crippen molar-refractivity contribution in [3.63, 3.8) is 0 Å². The maximum absolute atomic E-state index is 9.52. The summed E-state index contributed by atoms with van der Waals surface area (Å²) in [4.78, 5) is 7.21. The second-order valence-corrected chi connectivity index (χ2v) is 7.39. The van der Waals surface area contributed by atoms with Crippen LogP contribution in [-0.2, 0) is 13.2 Å². The standard InChI is InChI=1S/C23H32N4O.HI/c1-3-24-23(25-15-19-7-4-5-8-20(19)17-28)26-21-9-6-14-27(16-21)22-12-10-18(2)11-13-22;/h4-5,7-8,10-13,21,28H,3,6,9,14-17H2,1-2H3,(H2,24,25,26);1H. The molecule has 6 heteroatoms. The monoisotopic (exact) mass is 508 g/mol. The predicted molar refractivity (Wildman–Crippen MR) is 132 cm³/mol. The number of hydrogen-bond acceptors (Lipinski definition) is 3. The molecule has 0 aliphatic carbocycles. The second kappa shape index (κ2) is 12.0. The van der Waals surface area contributed by atoms with Gasteiger partial charge in [-0.15, -0.1) is 24.0 Å². The van der Waals surface area contributed by atoms with Crippen LogP contribution in [0.1, 0.15) is 36.5 Å². The third-order valence-electron chi connectivity index (χ3n) is 5.20. The molecule has 0 saturated carbocycles. The van der Waals surface area contributed by atoms with Crippen molar-refractivity contribution in [2.24, 2.45) is 4.99 Å². The van der Waals surface area contributed by atoms with E-state index < -0.39 is 0 Å². The Balaban J connectivity index is 0.00000300. The Kier molecular flexibility index (Phi) is 9.73. The molecule has 1 unspecified atom stereocenters. The Hall–Kier alpha value is -1.80. The summed E-state index contributed by atoms with van der Waals surface area (Å²) >= 11 is 0. The van der Waals surface area contributed by atoms with E-state index in [0.717, 1.165) is 49.6 Å². The average molecular weight is 508 g/mol. The Morgan fingerprint density at radius 3 is 2.55 bits per heavy atom. The molecule has 0 aromatic heterocycles. The number of anilines is 1. The van der Waals surface area contributed by atoms with Gasteiger partial charge >= 0.3 is 0 Å². The molecule has 0 radical (unpaired) electrons. The van der Waals surface area contributed by atoms with Crippen molar-refractivity contribution in [1.29, 1.82) is 0 Å². The summed E-state index contributed by atoms with van der Waals surface area (Å²) in [5.41, 5.74) is 4.58. The first-order chi connectivity index (χ1) is 13.7. The number of aliphatic hydroxyl groups is 1. The van der Waals surface area contributed by atoms with Crippen molar-refractivity contribution in [3.05, 3.63) is 65.2 Å². The topological polar surface area (TPSA) is 59.9 Å². The molecule has 3 rings (SSSR count). The van der Waals surface area contributed by atoms with E-state index >= 15 is 0 Å². The van der Waals surface area contributed by atoms with Gasteiger partial charge < -0.3 is 20.6 Å². The lowest BCUT2D eigenvalue weighted by atomic mass is 10.0. The van der Waals surface area contributed by atoms with Crippen LogP contribution in [-0.4, -0.2) is 36.7 Å². The largest absolute Gasteiger partial charge is 0.392 e. The van der Waals surface area contributed by atoms with E-state index in [1.807, 2.05) is 24.3 Å². The molecule has 0 amide bonds. The van der Waals surface area contributed by atoms with Crippen LogP contribution in [0.5, 0.6) is 0 Å². The number of guanidine groups is 1. The van der Waals surface area contributed by atoms with E-state index in [-0.39, 0.29) is 30.6 Å². The number of nitrogens with one attached hydrogen (secondary N) is 2. The van der Waals surface area contributed by atoms with Gasteiger partial charge in [-0.25, -0.2) is 4.99 Å². The molecular weight excluding hydrogens is 475 g/mol. The highest BCUT2D eigenvalue weighted by Crippen LogP contribution is 2.20. The van der Waals surface area contributed by atoms with Gasteiger partial charge in [0.25, 0.3) is 0 Å². The van der Waals surface area contributed by atoms with Gasteiger partial charge in [0.15, 0.2) is 5.96 Å². The Bertz CT molecular complexity index is 779. The number of hydrogen-bond donors (Lipinski definition) is 3. The van der Waals surface area contributed by atoms with Crippen molar-refractivity contribution in [1.82, 2.24) is 10.6 Å². The first kappa shape index (κ1) is 23.5. The lowest BCUT2D eigenvalue weighted by Gasteiger charge is -2.35. The van der Waals surface area contributed by atoms with Crippen LogP contribution in [0, 0.1) is 6.92 Å².